The summed E-state index contributed by atoms with van der Waals surface area (Å²) in [6.45, 7) is 0. The first kappa shape index (κ1) is 5.50. The third-order valence-electron chi connectivity index (χ3n) is 0.680. The molecule has 1 aromatic rings. The van der Waals surface area contributed by atoms with Crippen LogP contribution in [0.15, 0.2) is 23.2 Å². The Morgan fingerprint density at radius 1 is 1.75 bits per heavy atom. The van der Waals surface area contributed by atoms with Gasteiger partial charge in [0, 0.05) is 15.9 Å². The molecule has 42 valence electrons. The summed E-state index contributed by atoms with van der Waals surface area (Å²) >= 11 is 2.98. The second kappa shape index (κ2) is 2.09. The van der Waals surface area contributed by atoms with E-state index in [4.69, 9.17) is 0 Å². The monoisotopic (exact) mass is 174 g/mol. The van der Waals surface area contributed by atoms with Crippen LogP contribution in [-0.2, 0) is 0 Å². The van der Waals surface area contributed by atoms with Crippen molar-refractivity contribution in [2.75, 3.05) is 0 Å². The maximum atomic E-state index is 10.4. The lowest BCUT2D eigenvalue weighted by Gasteiger charge is -1.92. The van der Waals surface area contributed by atoms with Gasteiger partial charge in [0.1, 0.15) is 6.20 Å². The predicted molar refractivity (Wildman–Crippen MR) is 30.9 cm³/mol. The Balaban J connectivity index is 3.13. The van der Waals surface area contributed by atoms with E-state index in [1.54, 1.807) is 0 Å². The smallest absolute Gasteiger partial charge is 0.277 e. The lowest BCUT2D eigenvalue weighted by atomic mass is 10.8. The number of hydrogen-bond acceptors (Lipinski definition) is 2. The molecule has 0 saturated carbocycles. The molecule has 0 bridgehead atoms. The van der Waals surface area contributed by atoms with Crippen LogP contribution >= 0.6 is 15.9 Å². The molecule has 0 unspecified atom stereocenters. The van der Waals surface area contributed by atoms with Gasteiger partial charge in [0.15, 0.2) is 6.20 Å². The second-order valence-electron chi connectivity index (χ2n) is 1.22. The highest BCUT2D eigenvalue weighted by Gasteiger charge is 1.93. The highest BCUT2D eigenvalue weighted by atomic mass is 79.9. The van der Waals surface area contributed by atoms with Gasteiger partial charge in [-0.1, -0.05) is 0 Å². The predicted octanol–water partition coefficient (Wildman–Crippen LogP) is 0.478. The van der Waals surface area contributed by atoms with Gasteiger partial charge >= 0.3 is 0 Å². The van der Waals surface area contributed by atoms with Gasteiger partial charge in [-0.25, -0.2) is 0 Å². The van der Waals surface area contributed by atoms with E-state index in [-0.39, 0.29) is 0 Å². The Bertz CT molecular complexity index is 170. The van der Waals surface area contributed by atoms with Gasteiger partial charge in [-0.05, 0) is 0 Å². The summed E-state index contributed by atoms with van der Waals surface area (Å²) in [7, 11) is 0. The van der Waals surface area contributed by atoms with Crippen molar-refractivity contribution in [3.05, 3.63) is 28.4 Å². The van der Waals surface area contributed by atoms with E-state index in [1.807, 2.05) is 0 Å². The fourth-order valence-electron chi connectivity index (χ4n) is 0.332. The quantitative estimate of drug-likeness (QED) is 0.424. The van der Waals surface area contributed by atoms with Gasteiger partial charge < -0.3 is 5.21 Å². The van der Waals surface area contributed by atoms with Crippen LogP contribution in [-0.4, -0.2) is 4.98 Å². The minimum atomic E-state index is 0.431. The Morgan fingerprint density at radius 3 is 2.88 bits per heavy atom. The van der Waals surface area contributed by atoms with Gasteiger partial charge in [-0.15, -0.1) is 0 Å². The van der Waals surface area contributed by atoms with Gasteiger partial charge in [-0.3, -0.25) is 4.98 Å². The molecule has 0 fully saturated rings. The standard InChI is InChI=1S/C4H3BrN2O/c5-4-3-6-1-2-7(4)8/h1-3H. The number of hydrogen-bond donors (Lipinski definition) is 0. The van der Waals surface area contributed by atoms with Crippen molar-refractivity contribution in [1.82, 2.24) is 4.98 Å². The van der Waals surface area contributed by atoms with Crippen molar-refractivity contribution in [3.63, 3.8) is 0 Å². The van der Waals surface area contributed by atoms with E-state index in [0.717, 1.165) is 0 Å². The maximum absolute atomic E-state index is 10.4. The minimum Gasteiger partial charge on any atom is -0.618 e. The van der Waals surface area contributed by atoms with Crippen LogP contribution in [0.3, 0.4) is 0 Å². The molecule has 0 aliphatic carbocycles. The molecule has 0 spiro atoms. The summed E-state index contributed by atoms with van der Waals surface area (Å²) in [5.41, 5.74) is 0. The molecule has 3 nitrogen and oxygen atoms in total. The van der Waals surface area contributed by atoms with Crippen LogP contribution < -0.4 is 4.73 Å². The van der Waals surface area contributed by atoms with Gasteiger partial charge in [0.05, 0.1) is 6.20 Å². The van der Waals surface area contributed by atoms with Gasteiger partial charge in [-0.2, -0.15) is 4.73 Å². The zero-order valence-corrected chi connectivity index (χ0v) is 5.50. The average molecular weight is 175 g/mol. The van der Waals surface area contributed by atoms with E-state index < -0.39 is 0 Å². The minimum absolute atomic E-state index is 0.431. The lowest BCUT2D eigenvalue weighted by Crippen LogP contribution is -2.26. The van der Waals surface area contributed by atoms with Crippen molar-refractivity contribution in [2.45, 2.75) is 0 Å². The Hall–Kier alpha value is -0.640. The first-order valence-corrected chi connectivity index (χ1v) is 2.78. The number of nitrogens with zero attached hydrogens (tertiary/aromatic N) is 2. The SMILES string of the molecule is [O-][n+]1ccncc1Br. The molecular weight excluding hydrogens is 172 g/mol. The highest BCUT2D eigenvalue weighted by Crippen LogP contribution is 1.95. The third kappa shape index (κ3) is 0.949. The van der Waals surface area contributed by atoms with Crippen molar-refractivity contribution >= 4 is 15.9 Å². The fourth-order valence-corrected chi connectivity index (χ4v) is 0.568. The summed E-state index contributed by atoms with van der Waals surface area (Å²) < 4.78 is 1.12. The molecule has 1 heterocycles. The molecule has 0 aliphatic rings. The van der Waals surface area contributed by atoms with Crippen LogP contribution in [0, 0.1) is 5.21 Å². The second-order valence-corrected chi connectivity index (χ2v) is 2.04. The molecular formula is C4H3BrN2O. The molecule has 1 aromatic heterocycles. The van der Waals surface area contributed by atoms with Crippen LogP contribution in [0.25, 0.3) is 0 Å². The van der Waals surface area contributed by atoms with Gasteiger partial charge in [0.2, 0.25) is 0 Å². The normalized spacial score (nSPS) is 9.12. The molecule has 0 atom stereocenters. The summed E-state index contributed by atoms with van der Waals surface area (Å²) in [6, 6.07) is 0. The highest BCUT2D eigenvalue weighted by molar-refractivity contribution is 9.10. The van der Waals surface area contributed by atoms with E-state index >= 15 is 0 Å². The fraction of sp³-hybridized carbons (Fsp3) is 0. The van der Waals surface area contributed by atoms with Crippen molar-refractivity contribution in [1.29, 1.82) is 0 Å². The summed E-state index contributed by atoms with van der Waals surface area (Å²) in [6.07, 6.45) is 4.19. The van der Waals surface area contributed by atoms with E-state index in [9.17, 15) is 5.21 Å². The first-order valence-electron chi connectivity index (χ1n) is 1.99. The van der Waals surface area contributed by atoms with Crippen molar-refractivity contribution in [3.8, 4) is 0 Å². The lowest BCUT2D eigenvalue weighted by molar-refractivity contribution is -0.617. The summed E-state index contributed by atoms with van der Waals surface area (Å²) in [5.74, 6) is 0. The molecule has 0 radical (unpaired) electrons. The van der Waals surface area contributed by atoms with Crippen LogP contribution in [0.5, 0.6) is 0 Å². The van der Waals surface area contributed by atoms with Crippen LogP contribution in [0.2, 0.25) is 0 Å². The molecule has 1 rings (SSSR count). The molecule has 0 aliphatic heterocycles. The van der Waals surface area contributed by atoms with Crippen molar-refractivity contribution in [2.24, 2.45) is 0 Å². The Labute approximate surface area is 54.7 Å². The summed E-state index contributed by atoms with van der Waals surface area (Å²) in [4.78, 5) is 3.68. The molecule has 0 N–H and O–H groups in total. The molecule has 0 amide bonds. The zero-order valence-electron chi connectivity index (χ0n) is 3.91. The number of halogens is 1. The molecule has 4 heteroatoms. The topological polar surface area (TPSA) is 39.8 Å². The first-order chi connectivity index (χ1) is 3.80. The average Bonchev–Trinajstić information content (AvgIpc) is 1.77. The van der Waals surface area contributed by atoms with E-state index in [2.05, 4.69) is 20.9 Å². The Morgan fingerprint density at radius 2 is 2.50 bits per heavy atom. The zero-order chi connectivity index (χ0) is 5.98. The number of aromatic nitrogens is 2. The van der Waals surface area contributed by atoms with Crippen LogP contribution in [0.1, 0.15) is 0 Å². The molecule has 8 heavy (non-hydrogen) atoms. The Kier molecular flexibility index (Phi) is 1.43. The van der Waals surface area contributed by atoms with Crippen LogP contribution in [0.4, 0.5) is 0 Å². The van der Waals surface area contributed by atoms with Crippen molar-refractivity contribution < 1.29 is 4.73 Å². The van der Waals surface area contributed by atoms with E-state index in [1.165, 1.54) is 18.6 Å². The molecule has 0 aromatic carbocycles. The maximum Gasteiger partial charge on any atom is 0.277 e. The van der Waals surface area contributed by atoms with Gasteiger partial charge in [0.25, 0.3) is 4.60 Å². The largest absolute Gasteiger partial charge is 0.618 e. The molecule has 0 saturated heterocycles. The number of rotatable bonds is 0. The summed E-state index contributed by atoms with van der Waals surface area (Å²) in [5, 5.41) is 10.4. The third-order valence-corrected chi connectivity index (χ3v) is 1.23. The van der Waals surface area contributed by atoms with E-state index in [0.29, 0.717) is 9.33 Å².